The quantitative estimate of drug-likeness (QED) is 0.745. The molecule has 1 amide bonds. The number of Topliss-reactive ketones (excluding diaryl/α,β-unsaturated/α-hetero) is 1. The number of hydrogen-bond acceptors (Lipinski definition) is 4. The normalized spacial score (nSPS) is 14.1. The van der Waals surface area contributed by atoms with Crippen molar-refractivity contribution in [3.05, 3.63) is 41.7 Å². The van der Waals surface area contributed by atoms with Crippen molar-refractivity contribution in [3.8, 4) is 0 Å². The second-order valence-corrected chi connectivity index (χ2v) is 4.18. The molecule has 1 aromatic carbocycles. The van der Waals surface area contributed by atoms with Crippen LogP contribution in [0.5, 0.6) is 0 Å². The molecular weight excluding hydrogens is 251 g/mol. The van der Waals surface area contributed by atoms with Gasteiger partial charge in [0.05, 0.1) is 17.8 Å². The Morgan fingerprint density at radius 1 is 1.32 bits per heavy atom. The van der Waals surface area contributed by atoms with E-state index in [-0.39, 0.29) is 12.1 Å². The summed E-state index contributed by atoms with van der Waals surface area (Å²) in [6.07, 6.45) is 1.36. The number of nitrogens with zero attached hydrogens (tertiary/aromatic N) is 4. The molecule has 0 radical (unpaired) electrons. The summed E-state index contributed by atoms with van der Waals surface area (Å²) in [5.74, 6) is -1.38. The van der Waals surface area contributed by atoms with E-state index in [9.17, 15) is 14.0 Å². The van der Waals surface area contributed by atoms with Crippen LogP contribution in [-0.2, 0) is 18.4 Å². The van der Waals surface area contributed by atoms with E-state index < -0.39 is 17.5 Å². The van der Waals surface area contributed by atoms with Crippen molar-refractivity contribution >= 4 is 17.4 Å². The van der Waals surface area contributed by atoms with Gasteiger partial charge in [-0.2, -0.15) is 5.10 Å². The zero-order valence-electron chi connectivity index (χ0n) is 10.00. The van der Waals surface area contributed by atoms with Crippen molar-refractivity contribution in [1.29, 1.82) is 0 Å². The number of aromatic nitrogens is 3. The Kier molecular flexibility index (Phi) is 2.41. The SMILES string of the molecule is Cn1ncnc1CN1C(=O)C(=O)c2cc(F)ccc21. The predicted octanol–water partition coefficient (Wildman–Crippen LogP) is 0.684. The van der Waals surface area contributed by atoms with Crippen LogP contribution in [0.2, 0.25) is 0 Å². The van der Waals surface area contributed by atoms with Gasteiger partial charge < -0.3 is 0 Å². The Balaban J connectivity index is 2.02. The first kappa shape index (κ1) is 11.5. The van der Waals surface area contributed by atoms with Gasteiger partial charge in [-0.1, -0.05) is 0 Å². The molecule has 6 nitrogen and oxygen atoms in total. The topological polar surface area (TPSA) is 68.1 Å². The van der Waals surface area contributed by atoms with Gasteiger partial charge >= 0.3 is 0 Å². The van der Waals surface area contributed by atoms with Gasteiger partial charge in [0.1, 0.15) is 18.0 Å². The van der Waals surface area contributed by atoms with E-state index in [0.717, 1.165) is 6.07 Å². The first-order valence-corrected chi connectivity index (χ1v) is 5.56. The molecule has 3 rings (SSSR count). The molecule has 0 unspecified atom stereocenters. The van der Waals surface area contributed by atoms with Crippen LogP contribution >= 0.6 is 0 Å². The Morgan fingerprint density at radius 3 is 2.79 bits per heavy atom. The Labute approximate surface area is 107 Å². The maximum Gasteiger partial charge on any atom is 0.299 e. The third-order valence-electron chi connectivity index (χ3n) is 3.04. The zero-order chi connectivity index (χ0) is 13.6. The second kappa shape index (κ2) is 3.98. The lowest BCUT2D eigenvalue weighted by atomic mass is 10.1. The molecule has 0 atom stereocenters. The Hall–Kier alpha value is -2.57. The van der Waals surface area contributed by atoms with Crippen LogP contribution in [-0.4, -0.2) is 26.5 Å². The molecule has 2 aromatic rings. The monoisotopic (exact) mass is 260 g/mol. The van der Waals surface area contributed by atoms with Crippen LogP contribution in [0.15, 0.2) is 24.5 Å². The number of hydrogen-bond donors (Lipinski definition) is 0. The van der Waals surface area contributed by atoms with Crippen LogP contribution in [0.1, 0.15) is 16.2 Å². The molecule has 96 valence electrons. The molecule has 7 heteroatoms. The Morgan fingerprint density at radius 2 is 2.11 bits per heavy atom. The molecule has 0 saturated heterocycles. The van der Waals surface area contributed by atoms with E-state index >= 15 is 0 Å². The average molecular weight is 260 g/mol. The van der Waals surface area contributed by atoms with E-state index in [1.165, 1.54) is 28.0 Å². The van der Waals surface area contributed by atoms with Crippen molar-refractivity contribution in [2.45, 2.75) is 6.54 Å². The number of aryl methyl sites for hydroxylation is 1. The highest BCUT2D eigenvalue weighted by Crippen LogP contribution is 2.30. The molecule has 1 aliphatic rings. The highest BCUT2D eigenvalue weighted by atomic mass is 19.1. The first-order valence-electron chi connectivity index (χ1n) is 5.56. The fourth-order valence-electron chi connectivity index (χ4n) is 2.03. The van der Waals surface area contributed by atoms with E-state index in [1.807, 2.05) is 0 Å². The summed E-state index contributed by atoms with van der Waals surface area (Å²) in [7, 11) is 1.69. The maximum atomic E-state index is 13.1. The number of benzene rings is 1. The molecule has 0 N–H and O–H groups in total. The summed E-state index contributed by atoms with van der Waals surface area (Å²) in [4.78, 5) is 29.0. The van der Waals surface area contributed by atoms with Gasteiger partial charge in [-0.25, -0.2) is 9.37 Å². The van der Waals surface area contributed by atoms with Crippen molar-refractivity contribution in [3.63, 3.8) is 0 Å². The lowest BCUT2D eigenvalue weighted by Gasteiger charge is -2.15. The highest BCUT2D eigenvalue weighted by molar-refractivity contribution is 6.52. The van der Waals surface area contributed by atoms with Gasteiger partial charge in [-0.3, -0.25) is 19.2 Å². The fraction of sp³-hybridized carbons (Fsp3) is 0.167. The smallest absolute Gasteiger partial charge is 0.297 e. The predicted molar refractivity (Wildman–Crippen MR) is 62.9 cm³/mol. The lowest BCUT2D eigenvalue weighted by molar-refractivity contribution is -0.114. The minimum atomic E-state index is -0.698. The zero-order valence-corrected chi connectivity index (χ0v) is 10.00. The van der Waals surface area contributed by atoms with Crippen molar-refractivity contribution in [2.75, 3.05) is 4.90 Å². The number of rotatable bonds is 2. The van der Waals surface area contributed by atoms with Crippen molar-refractivity contribution in [1.82, 2.24) is 14.8 Å². The van der Waals surface area contributed by atoms with E-state index in [1.54, 1.807) is 7.05 Å². The lowest BCUT2D eigenvalue weighted by Crippen LogP contribution is -2.30. The van der Waals surface area contributed by atoms with Gasteiger partial charge in [0.25, 0.3) is 11.7 Å². The van der Waals surface area contributed by atoms with Gasteiger partial charge in [-0.05, 0) is 18.2 Å². The second-order valence-electron chi connectivity index (χ2n) is 4.18. The first-order chi connectivity index (χ1) is 9.08. The molecule has 19 heavy (non-hydrogen) atoms. The van der Waals surface area contributed by atoms with E-state index in [2.05, 4.69) is 10.1 Å². The summed E-state index contributed by atoms with van der Waals surface area (Å²) in [5, 5.41) is 3.90. The maximum absolute atomic E-state index is 13.1. The number of ketones is 1. The summed E-state index contributed by atoms with van der Waals surface area (Å²) < 4.78 is 14.6. The molecule has 2 heterocycles. The van der Waals surface area contributed by atoms with Crippen LogP contribution in [0, 0.1) is 5.82 Å². The molecule has 0 fully saturated rings. The van der Waals surface area contributed by atoms with E-state index in [0.29, 0.717) is 11.5 Å². The molecule has 1 aliphatic heterocycles. The number of carbonyl (C=O) groups excluding carboxylic acids is 2. The largest absolute Gasteiger partial charge is 0.299 e. The minimum absolute atomic E-state index is 0.0900. The third kappa shape index (κ3) is 1.70. The number of anilines is 1. The number of carbonyl (C=O) groups is 2. The molecule has 0 bridgehead atoms. The molecule has 1 aromatic heterocycles. The summed E-state index contributed by atoms with van der Waals surface area (Å²) >= 11 is 0. The van der Waals surface area contributed by atoms with Crippen LogP contribution in [0.3, 0.4) is 0 Å². The van der Waals surface area contributed by atoms with Gasteiger partial charge in [-0.15, -0.1) is 0 Å². The summed E-state index contributed by atoms with van der Waals surface area (Å²) in [5.41, 5.74) is 0.492. The standard InChI is InChI=1S/C12H9FN4O2/c1-16-10(14-6-15-16)5-17-9-3-2-7(13)4-8(9)11(18)12(17)19/h2-4,6H,5H2,1H3. The van der Waals surface area contributed by atoms with Gasteiger partial charge in [0, 0.05) is 7.05 Å². The fourth-order valence-corrected chi connectivity index (χ4v) is 2.03. The summed E-state index contributed by atoms with van der Waals surface area (Å²) in [6.45, 7) is 0.125. The molecular formula is C12H9FN4O2. The highest BCUT2D eigenvalue weighted by Gasteiger charge is 2.36. The molecule has 0 spiro atoms. The van der Waals surface area contributed by atoms with Crippen LogP contribution in [0.4, 0.5) is 10.1 Å². The molecule has 0 saturated carbocycles. The van der Waals surface area contributed by atoms with Crippen LogP contribution < -0.4 is 4.90 Å². The Bertz CT molecular complexity index is 695. The number of halogens is 1. The van der Waals surface area contributed by atoms with E-state index in [4.69, 9.17) is 0 Å². The number of fused-ring (bicyclic) bond motifs is 1. The average Bonchev–Trinajstić information content (AvgIpc) is 2.88. The van der Waals surface area contributed by atoms with Gasteiger partial charge in [0.15, 0.2) is 0 Å². The van der Waals surface area contributed by atoms with Crippen molar-refractivity contribution in [2.24, 2.45) is 7.05 Å². The summed E-state index contributed by atoms with van der Waals surface area (Å²) in [6, 6.07) is 3.71. The minimum Gasteiger partial charge on any atom is -0.297 e. The number of amides is 1. The third-order valence-corrected chi connectivity index (χ3v) is 3.04. The van der Waals surface area contributed by atoms with Crippen LogP contribution in [0.25, 0.3) is 0 Å². The van der Waals surface area contributed by atoms with Crippen molar-refractivity contribution < 1.29 is 14.0 Å². The van der Waals surface area contributed by atoms with Gasteiger partial charge in [0.2, 0.25) is 0 Å². The molecule has 0 aliphatic carbocycles.